The Bertz CT molecular complexity index is 1010. The van der Waals surface area contributed by atoms with E-state index in [1.807, 2.05) is 6.92 Å². The Balaban J connectivity index is 1.79. The number of alkyl halides is 3. The van der Waals surface area contributed by atoms with Crippen LogP contribution >= 0.6 is 11.3 Å². The summed E-state index contributed by atoms with van der Waals surface area (Å²) in [4.78, 5) is 16.6. The zero-order valence-corrected chi connectivity index (χ0v) is 14.2. The van der Waals surface area contributed by atoms with E-state index in [1.54, 1.807) is 18.2 Å². The van der Waals surface area contributed by atoms with Crippen molar-refractivity contribution in [2.75, 3.05) is 5.32 Å². The molecule has 0 saturated carbocycles. The monoisotopic (exact) mass is 380 g/mol. The number of nitrogens with zero attached hydrogens (tertiary/aromatic N) is 1. The number of rotatable bonds is 3. The van der Waals surface area contributed by atoms with Crippen LogP contribution < -0.4 is 5.32 Å². The summed E-state index contributed by atoms with van der Waals surface area (Å²) < 4.78 is 51.5. The number of fused-ring (bicyclic) bond motifs is 1. The van der Waals surface area contributed by atoms with Crippen molar-refractivity contribution in [2.24, 2.45) is 0 Å². The highest BCUT2D eigenvalue weighted by Crippen LogP contribution is 2.25. The van der Waals surface area contributed by atoms with Gasteiger partial charge < -0.3 is 5.32 Å². The van der Waals surface area contributed by atoms with Crippen molar-refractivity contribution in [3.8, 4) is 0 Å². The van der Waals surface area contributed by atoms with Crippen LogP contribution in [-0.4, -0.2) is 17.1 Å². The van der Waals surface area contributed by atoms with Crippen LogP contribution in [0, 0.1) is 12.7 Å². The Morgan fingerprint density at radius 1 is 1.19 bits per heavy atom. The molecule has 134 valence electrons. The average molecular weight is 380 g/mol. The van der Waals surface area contributed by atoms with Gasteiger partial charge in [0.15, 0.2) is 0 Å². The molecule has 0 bridgehead atoms. The molecule has 0 aliphatic carbocycles. The summed E-state index contributed by atoms with van der Waals surface area (Å²) >= 11 is 1.52. The summed E-state index contributed by atoms with van der Waals surface area (Å²) in [7, 11) is 0. The molecule has 0 radical (unpaired) electrons. The van der Waals surface area contributed by atoms with Gasteiger partial charge in [0.1, 0.15) is 5.82 Å². The van der Waals surface area contributed by atoms with E-state index in [0.717, 1.165) is 33.4 Å². The van der Waals surface area contributed by atoms with Crippen molar-refractivity contribution in [3.05, 3.63) is 64.4 Å². The number of benzene rings is 2. The molecule has 8 heteroatoms. The van der Waals surface area contributed by atoms with Crippen LogP contribution in [0.5, 0.6) is 0 Å². The van der Waals surface area contributed by atoms with Gasteiger partial charge in [-0.3, -0.25) is 4.79 Å². The molecular formula is C18H12F4N2OS. The molecule has 3 aromatic rings. The van der Waals surface area contributed by atoms with Crippen molar-refractivity contribution in [3.63, 3.8) is 0 Å². The van der Waals surface area contributed by atoms with E-state index in [-0.39, 0.29) is 17.2 Å². The molecule has 2 aromatic carbocycles. The summed E-state index contributed by atoms with van der Waals surface area (Å²) in [6.45, 7) is 1.87. The van der Waals surface area contributed by atoms with Gasteiger partial charge in [0.25, 0.3) is 5.91 Å². The normalized spacial score (nSPS) is 12.0. The lowest BCUT2D eigenvalue weighted by Gasteiger charge is -2.07. The van der Waals surface area contributed by atoms with Crippen LogP contribution in [0.15, 0.2) is 42.5 Å². The SMILES string of the molecule is Cc1nc2cc(NC(=O)c3ccc(/C=C/C(F)(F)F)cc3F)ccc2s1. The highest BCUT2D eigenvalue weighted by Gasteiger charge is 2.22. The van der Waals surface area contributed by atoms with E-state index in [9.17, 15) is 22.4 Å². The summed E-state index contributed by atoms with van der Waals surface area (Å²) in [5.41, 5.74) is 0.922. The number of hydrogen-bond donors (Lipinski definition) is 1. The summed E-state index contributed by atoms with van der Waals surface area (Å²) in [6.07, 6.45) is -3.74. The Labute approximate surface area is 150 Å². The van der Waals surface area contributed by atoms with Gasteiger partial charge in [0.05, 0.1) is 20.8 Å². The van der Waals surface area contributed by atoms with Gasteiger partial charge in [0.2, 0.25) is 0 Å². The molecular weight excluding hydrogens is 368 g/mol. The van der Waals surface area contributed by atoms with E-state index in [0.29, 0.717) is 5.69 Å². The lowest BCUT2D eigenvalue weighted by molar-refractivity contribution is -0.0790. The quantitative estimate of drug-likeness (QED) is 0.604. The van der Waals surface area contributed by atoms with Crippen LogP contribution in [0.1, 0.15) is 20.9 Å². The minimum atomic E-state index is -4.49. The van der Waals surface area contributed by atoms with Crippen molar-refractivity contribution < 1.29 is 22.4 Å². The van der Waals surface area contributed by atoms with Crippen LogP contribution in [0.25, 0.3) is 16.3 Å². The maximum Gasteiger partial charge on any atom is 0.409 e. The predicted octanol–water partition coefficient (Wildman–Crippen LogP) is 5.57. The molecule has 1 heterocycles. The Hall–Kier alpha value is -2.74. The van der Waals surface area contributed by atoms with Gasteiger partial charge >= 0.3 is 6.18 Å². The molecule has 0 fully saturated rings. The van der Waals surface area contributed by atoms with Gasteiger partial charge in [-0.2, -0.15) is 13.2 Å². The first-order valence-electron chi connectivity index (χ1n) is 7.45. The maximum atomic E-state index is 14.1. The molecule has 3 nitrogen and oxygen atoms in total. The standard InChI is InChI=1S/C18H12F4N2OS/c1-10-23-15-9-12(3-5-16(15)26-10)24-17(25)13-4-2-11(8-14(13)19)6-7-18(20,21)22/h2-9H,1H3,(H,24,25)/b7-6+. The number of carbonyl (C=O) groups excluding carboxylic acids is 1. The Morgan fingerprint density at radius 2 is 1.96 bits per heavy atom. The van der Waals surface area contributed by atoms with Crippen LogP contribution in [-0.2, 0) is 0 Å². The van der Waals surface area contributed by atoms with E-state index in [4.69, 9.17) is 0 Å². The molecule has 0 spiro atoms. The number of halogens is 4. The third-order valence-electron chi connectivity index (χ3n) is 3.45. The first-order valence-corrected chi connectivity index (χ1v) is 8.27. The fourth-order valence-corrected chi connectivity index (χ4v) is 3.14. The Kier molecular flexibility index (Phi) is 4.78. The average Bonchev–Trinajstić information content (AvgIpc) is 2.91. The fourth-order valence-electron chi connectivity index (χ4n) is 2.33. The number of hydrogen-bond acceptors (Lipinski definition) is 3. The zero-order valence-electron chi connectivity index (χ0n) is 13.4. The number of carbonyl (C=O) groups is 1. The topological polar surface area (TPSA) is 42.0 Å². The molecule has 1 amide bonds. The van der Waals surface area contributed by atoms with Gasteiger partial charge in [0, 0.05) is 11.8 Å². The first-order chi connectivity index (χ1) is 12.2. The predicted molar refractivity (Wildman–Crippen MR) is 93.8 cm³/mol. The van der Waals surface area contributed by atoms with E-state index in [2.05, 4.69) is 10.3 Å². The van der Waals surface area contributed by atoms with E-state index in [1.165, 1.54) is 17.4 Å². The maximum absolute atomic E-state index is 14.1. The summed E-state index contributed by atoms with van der Waals surface area (Å²) in [5, 5.41) is 3.45. The molecule has 0 aliphatic rings. The van der Waals surface area contributed by atoms with Gasteiger partial charge in [-0.15, -0.1) is 11.3 Å². The molecule has 1 aromatic heterocycles. The molecule has 0 unspecified atom stereocenters. The number of thiazole rings is 1. The molecule has 1 N–H and O–H groups in total. The van der Waals surface area contributed by atoms with Gasteiger partial charge in [-0.25, -0.2) is 9.37 Å². The number of allylic oxidation sites excluding steroid dienone is 1. The number of amides is 1. The highest BCUT2D eigenvalue weighted by atomic mass is 32.1. The lowest BCUT2D eigenvalue weighted by Crippen LogP contribution is -2.13. The number of aromatic nitrogens is 1. The van der Waals surface area contributed by atoms with Crippen molar-refractivity contribution in [1.29, 1.82) is 0 Å². The minimum absolute atomic E-state index is 0.00653. The number of aryl methyl sites for hydroxylation is 1. The minimum Gasteiger partial charge on any atom is -0.322 e. The number of anilines is 1. The number of nitrogens with one attached hydrogen (secondary N) is 1. The fraction of sp³-hybridized carbons (Fsp3) is 0.111. The second-order valence-corrected chi connectivity index (χ2v) is 6.72. The smallest absolute Gasteiger partial charge is 0.322 e. The third-order valence-corrected chi connectivity index (χ3v) is 4.41. The van der Waals surface area contributed by atoms with Crippen molar-refractivity contribution in [2.45, 2.75) is 13.1 Å². The third kappa shape index (κ3) is 4.26. The van der Waals surface area contributed by atoms with E-state index < -0.39 is 17.9 Å². The molecule has 26 heavy (non-hydrogen) atoms. The second-order valence-electron chi connectivity index (χ2n) is 5.48. The molecule has 0 aliphatic heterocycles. The zero-order chi connectivity index (χ0) is 18.9. The van der Waals surface area contributed by atoms with Crippen LogP contribution in [0.3, 0.4) is 0 Å². The first kappa shape index (κ1) is 18.1. The second kappa shape index (κ2) is 6.87. The highest BCUT2D eigenvalue weighted by molar-refractivity contribution is 7.18. The lowest BCUT2D eigenvalue weighted by atomic mass is 10.1. The Morgan fingerprint density at radius 3 is 2.65 bits per heavy atom. The summed E-state index contributed by atoms with van der Waals surface area (Å²) in [6, 6.07) is 8.42. The summed E-state index contributed by atoms with van der Waals surface area (Å²) in [5.74, 6) is -1.60. The van der Waals surface area contributed by atoms with Crippen LogP contribution in [0.2, 0.25) is 0 Å². The van der Waals surface area contributed by atoms with Gasteiger partial charge in [-0.1, -0.05) is 6.07 Å². The van der Waals surface area contributed by atoms with Crippen molar-refractivity contribution in [1.82, 2.24) is 4.98 Å². The largest absolute Gasteiger partial charge is 0.409 e. The molecule has 0 atom stereocenters. The van der Waals surface area contributed by atoms with Gasteiger partial charge in [-0.05, 0) is 48.9 Å². The van der Waals surface area contributed by atoms with E-state index >= 15 is 0 Å². The molecule has 0 saturated heterocycles. The van der Waals surface area contributed by atoms with Crippen molar-refractivity contribution >= 4 is 39.2 Å². The van der Waals surface area contributed by atoms with Crippen LogP contribution in [0.4, 0.5) is 23.2 Å². The molecule has 3 rings (SSSR count).